The number of aromatic nitrogens is 1. The summed E-state index contributed by atoms with van der Waals surface area (Å²) in [7, 11) is 1.65. The minimum atomic E-state index is -0.199. The predicted molar refractivity (Wildman–Crippen MR) is 76.5 cm³/mol. The number of benzene rings is 1. The topological polar surface area (TPSA) is 45.8 Å². The van der Waals surface area contributed by atoms with Gasteiger partial charge in [0, 0.05) is 28.2 Å². The Morgan fingerprint density at radius 2 is 2.00 bits per heavy atom. The highest BCUT2D eigenvalue weighted by Gasteiger charge is 2.10. The van der Waals surface area contributed by atoms with Gasteiger partial charge < -0.3 is 4.57 Å². The fourth-order valence-corrected chi connectivity index (χ4v) is 2.26. The van der Waals surface area contributed by atoms with Crippen LogP contribution < -0.4 is 5.56 Å². The third-order valence-corrected chi connectivity index (χ3v) is 3.42. The van der Waals surface area contributed by atoms with Crippen molar-refractivity contribution in [3.8, 4) is 17.3 Å². The van der Waals surface area contributed by atoms with Crippen LogP contribution in [0.15, 0.2) is 35.1 Å². The summed E-state index contributed by atoms with van der Waals surface area (Å²) in [5.74, 6) is 0. The molecular formula is C14H10Cl2N2O. The quantitative estimate of drug-likeness (QED) is 0.851. The Bertz CT molecular complexity index is 729. The Morgan fingerprint density at radius 3 is 2.68 bits per heavy atom. The fraction of sp³-hybridized carbons (Fsp3) is 0.143. The number of nitriles is 1. The van der Waals surface area contributed by atoms with Crippen molar-refractivity contribution in [1.29, 1.82) is 5.26 Å². The van der Waals surface area contributed by atoms with Crippen LogP contribution in [-0.4, -0.2) is 4.57 Å². The molecule has 1 heterocycles. The average molecular weight is 293 g/mol. The molecule has 0 aliphatic heterocycles. The Balaban J connectivity index is 2.65. The molecule has 0 N–H and O–H groups in total. The molecule has 0 unspecified atom stereocenters. The van der Waals surface area contributed by atoms with E-state index in [1.807, 2.05) is 6.07 Å². The number of nitrogens with zero attached hydrogens (tertiary/aromatic N) is 2. The maximum Gasteiger partial charge on any atom is 0.255 e. The normalized spacial score (nSPS) is 10.2. The van der Waals surface area contributed by atoms with E-state index in [0.29, 0.717) is 26.9 Å². The van der Waals surface area contributed by atoms with Gasteiger partial charge in [0.25, 0.3) is 5.56 Å². The Labute approximate surface area is 120 Å². The zero-order valence-electron chi connectivity index (χ0n) is 10.2. The fourth-order valence-electron chi connectivity index (χ4n) is 1.87. The summed E-state index contributed by atoms with van der Waals surface area (Å²) < 4.78 is 1.48. The van der Waals surface area contributed by atoms with Crippen LogP contribution in [0.2, 0.25) is 10.0 Å². The van der Waals surface area contributed by atoms with Gasteiger partial charge in [-0.2, -0.15) is 5.26 Å². The van der Waals surface area contributed by atoms with E-state index in [-0.39, 0.29) is 12.0 Å². The van der Waals surface area contributed by atoms with Crippen molar-refractivity contribution in [2.24, 2.45) is 7.05 Å². The molecule has 0 amide bonds. The maximum absolute atomic E-state index is 12.1. The second-order valence-corrected chi connectivity index (χ2v) is 4.91. The summed E-state index contributed by atoms with van der Waals surface area (Å²) >= 11 is 12.1. The first-order chi connectivity index (χ1) is 9.04. The molecule has 0 atom stereocenters. The summed E-state index contributed by atoms with van der Waals surface area (Å²) in [6.45, 7) is 0. The molecular weight excluding hydrogens is 283 g/mol. The Morgan fingerprint density at radius 1 is 1.26 bits per heavy atom. The van der Waals surface area contributed by atoms with Crippen LogP contribution in [0.3, 0.4) is 0 Å². The van der Waals surface area contributed by atoms with E-state index in [1.54, 1.807) is 37.4 Å². The van der Waals surface area contributed by atoms with Gasteiger partial charge in [0.2, 0.25) is 0 Å². The lowest BCUT2D eigenvalue weighted by molar-refractivity contribution is 0.852. The molecule has 2 aromatic rings. The highest BCUT2D eigenvalue weighted by atomic mass is 35.5. The molecule has 0 spiro atoms. The van der Waals surface area contributed by atoms with Crippen molar-refractivity contribution >= 4 is 23.2 Å². The smallest absolute Gasteiger partial charge is 0.255 e. The van der Waals surface area contributed by atoms with Gasteiger partial charge in [0.1, 0.15) is 0 Å². The number of hydrogen-bond acceptors (Lipinski definition) is 2. The molecule has 0 fully saturated rings. The first-order valence-corrected chi connectivity index (χ1v) is 6.31. The minimum Gasteiger partial charge on any atom is -0.311 e. The van der Waals surface area contributed by atoms with Gasteiger partial charge in [-0.05, 0) is 24.3 Å². The molecule has 5 heteroatoms. The summed E-state index contributed by atoms with van der Waals surface area (Å²) in [5, 5.41) is 9.73. The van der Waals surface area contributed by atoms with E-state index < -0.39 is 0 Å². The van der Waals surface area contributed by atoms with Crippen LogP contribution >= 0.6 is 23.2 Å². The third-order valence-electron chi connectivity index (χ3n) is 2.86. The van der Waals surface area contributed by atoms with Gasteiger partial charge in [0.15, 0.2) is 0 Å². The molecule has 1 aromatic carbocycles. The zero-order valence-corrected chi connectivity index (χ0v) is 11.7. The SMILES string of the molecule is Cn1c(-c2cc(Cl)ccc2Cl)ccc(CC#N)c1=O. The largest absolute Gasteiger partial charge is 0.311 e. The predicted octanol–water partition coefficient (Wildman–Crippen LogP) is 3.43. The molecule has 3 nitrogen and oxygen atoms in total. The van der Waals surface area contributed by atoms with E-state index in [0.717, 1.165) is 0 Å². The minimum absolute atomic E-state index is 0.0935. The lowest BCUT2D eigenvalue weighted by Gasteiger charge is -2.11. The lowest BCUT2D eigenvalue weighted by atomic mass is 10.1. The molecule has 19 heavy (non-hydrogen) atoms. The standard InChI is InChI=1S/C14H10Cl2N2O/c1-18-13(5-2-9(6-7-17)14(18)19)11-8-10(15)3-4-12(11)16/h2-5,8H,6H2,1H3. The van der Waals surface area contributed by atoms with Crippen LogP contribution in [0.5, 0.6) is 0 Å². The second-order valence-electron chi connectivity index (χ2n) is 4.07. The summed E-state index contributed by atoms with van der Waals surface area (Å²) in [4.78, 5) is 12.1. The molecule has 0 bridgehead atoms. The third kappa shape index (κ3) is 2.65. The lowest BCUT2D eigenvalue weighted by Crippen LogP contribution is -2.22. The second kappa shape index (κ2) is 5.48. The van der Waals surface area contributed by atoms with Gasteiger partial charge in [-0.15, -0.1) is 0 Å². The maximum atomic E-state index is 12.1. The van der Waals surface area contributed by atoms with Crippen molar-refractivity contribution < 1.29 is 0 Å². The van der Waals surface area contributed by atoms with Crippen molar-refractivity contribution in [1.82, 2.24) is 4.57 Å². The Hall–Kier alpha value is -1.76. The summed E-state index contributed by atoms with van der Waals surface area (Å²) in [5.41, 5.74) is 1.62. The van der Waals surface area contributed by atoms with E-state index in [4.69, 9.17) is 28.5 Å². The zero-order chi connectivity index (χ0) is 14.0. The van der Waals surface area contributed by atoms with Gasteiger partial charge in [0.05, 0.1) is 18.2 Å². The monoisotopic (exact) mass is 292 g/mol. The average Bonchev–Trinajstić information content (AvgIpc) is 2.39. The highest BCUT2D eigenvalue weighted by Crippen LogP contribution is 2.29. The molecule has 1 aromatic heterocycles. The first kappa shape index (κ1) is 13.7. The molecule has 96 valence electrons. The molecule has 0 aliphatic carbocycles. The van der Waals surface area contributed by atoms with Crippen LogP contribution in [0, 0.1) is 11.3 Å². The highest BCUT2D eigenvalue weighted by molar-refractivity contribution is 6.35. The first-order valence-electron chi connectivity index (χ1n) is 5.56. The van der Waals surface area contributed by atoms with E-state index in [9.17, 15) is 4.79 Å². The summed E-state index contributed by atoms with van der Waals surface area (Å²) in [6.07, 6.45) is 0.0935. The molecule has 0 saturated heterocycles. The van der Waals surface area contributed by atoms with Gasteiger partial charge in [-0.3, -0.25) is 4.79 Å². The molecule has 2 rings (SSSR count). The molecule has 0 saturated carbocycles. The van der Waals surface area contributed by atoms with Crippen LogP contribution in [-0.2, 0) is 13.5 Å². The molecule has 0 aliphatic rings. The van der Waals surface area contributed by atoms with Crippen molar-refractivity contribution in [2.45, 2.75) is 6.42 Å². The van der Waals surface area contributed by atoms with Gasteiger partial charge in [-0.25, -0.2) is 0 Å². The van der Waals surface area contributed by atoms with Gasteiger partial charge in [-0.1, -0.05) is 29.3 Å². The number of halogens is 2. The molecule has 0 radical (unpaired) electrons. The van der Waals surface area contributed by atoms with Crippen LogP contribution in [0.1, 0.15) is 5.56 Å². The Kier molecular flexibility index (Phi) is 3.94. The summed E-state index contributed by atoms with van der Waals surface area (Å²) in [6, 6.07) is 10.5. The van der Waals surface area contributed by atoms with Gasteiger partial charge >= 0.3 is 0 Å². The van der Waals surface area contributed by atoms with E-state index in [1.165, 1.54) is 4.57 Å². The number of pyridine rings is 1. The van der Waals surface area contributed by atoms with Crippen LogP contribution in [0.25, 0.3) is 11.3 Å². The van der Waals surface area contributed by atoms with Crippen LogP contribution in [0.4, 0.5) is 0 Å². The number of hydrogen-bond donors (Lipinski definition) is 0. The van der Waals surface area contributed by atoms with Crippen molar-refractivity contribution in [3.05, 3.63) is 56.3 Å². The van der Waals surface area contributed by atoms with E-state index >= 15 is 0 Å². The van der Waals surface area contributed by atoms with Crippen molar-refractivity contribution in [3.63, 3.8) is 0 Å². The van der Waals surface area contributed by atoms with E-state index in [2.05, 4.69) is 0 Å². The number of rotatable bonds is 2. The van der Waals surface area contributed by atoms with Crippen molar-refractivity contribution in [2.75, 3.05) is 0 Å².